The predicted octanol–water partition coefficient (Wildman–Crippen LogP) is 11.4. The van der Waals surface area contributed by atoms with Crippen LogP contribution in [0.5, 0.6) is 0 Å². The van der Waals surface area contributed by atoms with Crippen molar-refractivity contribution in [3.63, 3.8) is 0 Å². The van der Waals surface area contributed by atoms with E-state index >= 15 is 0 Å². The van der Waals surface area contributed by atoms with Crippen molar-refractivity contribution < 1.29 is 103 Å². The molecule has 4 N–H and O–H groups in total. The Labute approximate surface area is 530 Å². The number of carboxylic acid groups (broad SMARTS) is 4. The normalized spacial score (nSPS) is 9.93. The van der Waals surface area contributed by atoms with Crippen LogP contribution in [0.25, 0.3) is 73.7 Å². The third-order valence-corrected chi connectivity index (χ3v) is 10.1. The van der Waals surface area contributed by atoms with Crippen molar-refractivity contribution >= 4 is 73.3 Å². The number of halogens is 7. The van der Waals surface area contributed by atoms with Gasteiger partial charge in [0.25, 0.3) is 0 Å². The Morgan fingerprint density at radius 2 is 0.690 bits per heavy atom. The van der Waals surface area contributed by atoms with Crippen LogP contribution in [0.1, 0.15) is 60.2 Å². The van der Waals surface area contributed by atoms with Crippen molar-refractivity contribution in [2.45, 2.75) is 19.8 Å². The molecule has 10 aromatic rings. The van der Waals surface area contributed by atoms with Gasteiger partial charge in [0.1, 0.15) is 11.4 Å². The number of rotatable bonds is 10. The first kappa shape index (κ1) is 74.0. The molecule has 448 valence electrons. The summed E-state index contributed by atoms with van der Waals surface area (Å²) in [5.74, 6) is -4.30. The molecule has 0 unspecified atom stereocenters. The minimum absolute atomic E-state index is 0. The van der Waals surface area contributed by atoms with E-state index in [1.54, 1.807) is 85.2 Å². The maximum Gasteiger partial charge on any atom is 2.00 e. The molecular weight excluding hydrogens is 1410 g/mol. The molecule has 0 aliphatic heterocycles. The van der Waals surface area contributed by atoms with Gasteiger partial charge in [-0.3, -0.25) is 29.9 Å². The Morgan fingerprint density at radius 1 is 0.437 bits per heavy atom. The van der Waals surface area contributed by atoms with Gasteiger partial charge in [0.2, 0.25) is 0 Å². The molecule has 10 aromatic heterocycles. The molecule has 0 fully saturated rings. The number of aromatic nitrogens is 12. The van der Waals surface area contributed by atoms with Gasteiger partial charge in [0.05, 0.1) is 79.2 Å². The number of hydrogen-bond acceptors (Lipinski definition) is 17. The molecule has 21 nitrogen and oxygen atoms in total. The predicted molar refractivity (Wildman–Crippen MR) is 304 cm³/mol. The smallest absolute Gasteiger partial charge is 0.753 e. The second-order valence-electron chi connectivity index (χ2n) is 15.5. The van der Waals surface area contributed by atoms with Crippen molar-refractivity contribution in [3.05, 3.63) is 210 Å². The van der Waals surface area contributed by atoms with E-state index in [9.17, 15) is 45.5 Å². The van der Waals surface area contributed by atoms with E-state index in [0.717, 1.165) is 12.1 Å². The molecule has 0 aliphatic carbocycles. The second kappa shape index (κ2) is 36.6. The molecule has 0 atom stereocenters. The van der Waals surface area contributed by atoms with Crippen LogP contribution in [0.2, 0.25) is 0 Å². The number of carbonyl (C=O) groups is 4. The fourth-order valence-corrected chi connectivity index (χ4v) is 6.40. The summed E-state index contributed by atoms with van der Waals surface area (Å²) in [6.07, 6.45) is -0.418. The van der Waals surface area contributed by atoms with E-state index in [2.05, 4.69) is 105 Å². The first-order valence-corrected chi connectivity index (χ1v) is 26.6. The molecule has 0 radical (unpaired) electrons. The van der Waals surface area contributed by atoms with Crippen molar-refractivity contribution in [3.8, 4) is 68.3 Å². The van der Waals surface area contributed by atoms with E-state index in [4.69, 9.17) is 25.8 Å². The SMILES string of the molecule is C.FC(F)(F)c1cc(-c2cccc(-c3ccccn3)n2)[n-]n1.FC(F)(F)c1cc(-c2cccc(-c3ccccn3)n2)[n-]n1.O=C(O)c1ccnc(-c2cc(C(=O)O)ccn2)c1.O=C(O)c1ccnc(-c2cc(C(=O)O)ccn2)c1.S=S.[Cl][Ru+].[N-]=C=S.[Ru+2]. The molecule has 0 aromatic carbocycles. The van der Waals surface area contributed by atoms with E-state index in [-0.39, 0.29) is 60.5 Å². The fourth-order valence-electron chi connectivity index (χ4n) is 6.40. The molecule has 0 saturated heterocycles. The minimum atomic E-state index is -4.51. The Bertz CT molecular complexity index is 3540. The largest absolute Gasteiger partial charge is 2.00 e. The molecule has 0 spiro atoms. The van der Waals surface area contributed by atoms with Crippen LogP contribution >= 0.6 is 21.9 Å². The number of carboxylic acids is 4. The molecule has 0 amide bonds. The molecular formula is C54H36ClF6N13O8Ru2S3. The number of aromatic carboxylic acids is 4. The zero-order chi connectivity index (χ0) is 62.7. The molecule has 33 heteroatoms. The van der Waals surface area contributed by atoms with Crippen LogP contribution in [-0.2, 0) is 71.5 Å². The van der Waals surface area contributed by atoms with Crippen molar-refractivity contribution in [1.29, 1.82) is 0 Å². The number of pyridine rings is 8. The molecule has 0 aliphatic rings. The maximum absolute atomic E-state index is 12.5. The number of thiocarbonyl (C=S) groups is 1. The van der Waals surface area contributed by atoms with Crippen LogP contribution < -0.4 is 10.2 Å². The number of nitrogens with zero attached hydrogens (tertiary/aromatic N) is 13. The summed E-state index contributed by atoms with van der Waals surface area (Å²) in [4.78, 5) is 76.0. The monoisotopic (exact) mass is 1440 g/mol. The van der Waals surface area contributed by atoms with Crippen LogP contribution in [0.15, 0.2) is 171 Å². The average Bonchev–Trinajstić information content (AvgIpc) is 3.43. The van der Waals surface area contributed by atoms with Crippen molar-refractivity contribution in [1.82, 2.24) is 60.3 Å². The zero-order valence-corrected chi connectivity index (χ0v) is 49.2. The van der Waals surface area contributed by atoms with Crippen molar-refractivity contribution in [2.75, 3.05) is 0 Å². The summed E-state index contributed by atoms with van der Waals surface area (Å²) in [6, 6.07) is 33.2. The van der Waals surface area contributed by atoms with E-state index in [1.165, 1.54) is 78.5 Å². The Kier molecular flexibility index (Phi) is 31.2. The average molecular weight is 1440 g/mol. The molecule has 10 rings (SSSR count). The van der Waals surface area contributed by atoms with E-state index in [0.29, 0.717) is 56.9 Å². The maximum atomic E-state index is 12.5. The quantitative estimate of drug-likeness (QED) is 0.0428. The van der Waals surface area contributed by atoms with Gasteiger partial charge in [-0.05, 0) is 109 Å². The van der Waals surface area contributed by atoms with Crippen LogP contribution in [0.3, 0.4) is 0 Å². The number of hydrogen-bond donors (Lipinski definition) is 4. The minimum Gasteiger partial charge on any atom is -0.753 e. The van der Waals surface area contributed by atoms with Crippen LogP contribution in [0, 0.1) is 0 Å². The summed E-state index contributed by atoms with van der Waals surface area (Å²) in [6.45, 7) is 0. The molecule has 0 saturated carbocycles. The van der Waals surface area contributed by atoms with Crippen LogP contribution in [0.4, 0.5) is 26.3 Å². The van der Waals surface area contributed by atoms with Gasteiger partial charge in [-0.1, -0.05) is 55.3 Å². The van der Waals surface area contributed by atoms with E-state index in [1.807, 2.05) is 17.3 Å². The van der Waals surface area contributed by atoms with Gasteiger partial charge >= 0.3 is 82.7 Å². The van der Waals surface area contributed by atoms with Gasteiger partial charge in [-0.2, -0.15) is 31.5 Å². The summed E-state index contributed by atoms with van der Waals surface area (Å²) in [5.41, 5.74) is 2.70. The summed E-state index contributed by atoms with van der Waals surface area (Å²) < 4.78 is 75.2. The zero-order valence-electron chi connectivity index (χ0n) is 42.5. The summed E-state index contributed by atoms with van der Waals surface area (Å²) in [7, 11) is 4.57. The number of alkyl halides is 6. The van der Waals surface area contributed by atoms with Gasteiger partial charge < -0.3 is 46.2 Å². The Hall–Kier alpha value is -9.14. The third kappa shape index (κ3) is 23.0. The number of isothiocyanates is 1. The second-order valence-corrected chi connectivity index (χ2v) is 15.7. The van der Waals surface area contributed by atoms with Crippen LogP contribution in [-0.4, -0.2) is 99.5 Å². The van der Waals surface area contributed by atoms with Gasteiger partial charge in [0, 0.05) is 59.6 Å². The standard InChI is InChI=1S/2C14H8F3N4.2C12H8N2O4.CNS.CH4.ClH.2Ru.S2/c2*15-14(16,17)13-8-12(20-21-13)11-6-3-5-10(19-11)9-4-1-2-7-18-9;2*15-11(16)7-1-3-13-9(5-7)10-6-8(12(17)18)2-4-14-10;2-1-3;;;;;1-2/h2*1-8H;2*1-6H,(H,15,16)(H,17,18);;1H4;1H;;;/q2*-1;;;-1;;;2*+2;/p-1. The Morgan fingerprint density at radius 3 is 0.920 bits per heavy atom. The first-order valence-electron chi connectivity index (χ1n) is 22.7. The topological polar surface area (TPSA) is 329 Å². The summed E-state index contributed by atoms with van der Waals surface area (Å²) in [5, 5.41) is 57.2. The molecule has 10 heterocycles. The van der Waals surface area contributed by atoms with Gasteiger partial charge in [-0.15, -0.1) is 0 Å². The third-order valence-electron chi connectivity index (χ3n) is 10.1. The first-order chi connectivity index (χ1) is 40.6. The molecule has 87 heavy (non-hydrogen) atoms. The van der Waals surface area contributed by atoms with E-state index < -0.39 is 47.6 Å². The van der Waals surface area contributed by atoms with Crippen molar-refractivity contribution in [2.24, 2.45) is 0 Å². The summed E-state index contributed by atoms with van der Waals surface area (Å²) >= 11 is 12.9. The van der Waals surface area contributed by atoms with Gasteiger partial charge in [-0.25, -0.2) is 29.1 Å². The fraction of sp³-hybridized carbons (Fsp3) is 0.0556. The molecule has 0 bridgehead atoms. The Balaban J connectivity index is 0.000000380. The van der Waals surface area contributed by atoms with Gasteiger partial charge in [0.15, 0.2) is 0 Å².